The van der Waals surface area contributed by atoms with E-state index in [4.69, 9.17) is 0 Å². The van der Waals surface area contributed by atoms with Crippen molar-refractivity contribution in [3.63, 3.8) is 0 Å². The Balaban J connectivity index is 1.61. The largest absolute Gasteiger partial charge is 0.299 e. The molecule has 1 aromatic carbocycles. The summed E-state index contributed by atoms with van der Waals surface area (Å²) in [5, 5.41) is 13.2. The summed E-state index contributed by atoms with van der Waals surface area (Å²) in [5.74, 6) is 0.556. The number of hydrogen-bond donors (Lipinski definition) is 1. The molecule has 2 aromatic heterocycles. The van der Waals surface area contributed by atoms with Crippen molar-refractivity contribution < 1.29 is 0 Å². The quantitative estimate of drug-likeness (QED) is 0.783. The van der Waals surface area contributed by atoms with Gasteiger partial charge in [-0.15, -0.1) is 10.2 Å². The van der Waals surface area contributed by atoms with Gasteiger partial charge >= 0.3 is 0 Å². The van der Waals surface area contributed by atoms with Crippen LogP contribution in [0.3, 0.4) is 0 Å². The molecule has 0 fully saturated rings. The highest BCUT2D eigenvalue weighted by molar-refractivity contribution is 7.15. The second-order valence-corrected chi connectivity index (χ2v) is 5.70. The second kappa shape index (κ2) is 6.41. The standard InChI is InChI=1S/C15H15N5S/c1-11-9-10-16-14(17-11)18-15-20-19-13(21-15)8-7-12-5-3-2-4-6-12/h2-6,9-10H,7-8H2,1H3,(H,16,17,18,20). The van der Waals surface area contributed by atoms with Gasteiger partial charge in [0.15, 0.2) is 0 Å². The van der Waals surface area contributed by atoms with E-state index in [9.17, 15) is 0 Å². The molecule has 3 rings (SSSR count). The van der Waals surface area contributed by atoms with Gasteiger partial charge in [-0.05, 0) is 25.0 Å². The van der Waals surface area contributed by atoms with Gasteiger partial charge in [-0.25, -0.2) is 9.97 Å². The Bertz CT molecular complexity index is 711. The molecule has 0 spiro atoms. The van der Waals surface area contributed by atoms with E-state index in [2.05, 4.69) is 49.7 Å². The van der Waals surface area contributed by atoms with E-state index < -0.39 is 0 Å². The maximum Gasteiger partial charge on any atom is 0.229 e. The molecule has 0 aliphatic carbocycles. The summed E-state index contributed by atoms with van der Waals surface area (Å²) in [6.45, 7) is 1.93. The van der Waals surface area contributed by atoms with Crippen molar-refractivity contribution in [3.05, 3.63) is 58.9 Å². The minimum atomic E-state index is 0.556. The molecule has 5 nitrogen and oxygen atoms in total. The summed E-state index contributed by atoms with van der Waals surface area (Å²) in [7, 11) is 0. The van der Waals surface area contributed by atoms with Crippen LogP contribution in [0.2, 0.25) is 0 Å². The highest BCUT2D eigenvalue weighted by Gasteiger charge is 2.06. The molecule has 0 unspecified atom stereocenters. The van der Waals surface area contributed by atoms with Gasteiger partial charge < -0.3 is 0 Å². The van der Waals surface area contributed by atoms with Crippen molar-refractivity contribution in [1.29, 1.82) is 0 Å². The molecule has 0 radical (unpaired) electrons. The molecule has 3 aromatic rings. The summed E-state index contributed by atoms with van der Waals surface area (Å²) in [5.41, 5.74) is 2.23. The predicted octanol–water partition coefficient (Wildman–Crippen LogP) is 3.17. The Morgan fingerprint density at radius 2 is 1.90 bits per heavy atom. The Morgan fingerprint density at radius 3 is 2.71 bits per heavy atom. The lowest BCUT2D eigenvalue weighted by molar-refractivity contribution is 0.905. The Labute approximate surface area is 127 Å². The molecule has 0 saturated carbocycles. The number of nitrogens with zero attached hydrogens (tertiary/aromatic N) is 4. The molecule has 0 bridgehead atoms. The van der Waals surface area contributed by atoms with Gasteiger partial charge in [0.1, 0.15) is 5.01 Å². The lowest BCUT2D eigenvalue weighted by atomic mass is 10.1. The third-order valence-corrected chi connectivity index (χ3v) is 3.85. The van der Waals surface area contributed by atoms with Crippen LogP contribution in [-0.4, -0.2) is 20.2 Å². The summed E-state index contributed by atoms with van der Waals surface area (Å²) >= 11 is 1.54. The predicted molar refractivity (Wildman–Crippen MR) is 83.8 cm³/mol. The van der Waals surface area contributed by atoms with Crippen molar-refractivity contribution in [1.82, 2.24) is 20.2 Å². The Morgan fingerprint density at radius 1 is 1.05 bits per heavy atom. The van der Waals surface area contributed by atoms with Crippen LogP contribution in [0.4, 0.5) is 11.1 Å². The summed E-state index contributed by atoms with van der Waals surface area (Å²) in [4.78, 5) is 8.44. The van der Waals surface area contributed by atoms with Crippen LogP contribution in [0.15, 0.2) is 42.6 Å². The summed E-state index contributed by atoms with van der Waals surface area (Å²) < 4.78 is 0. The zero-order valence-electron chi connectivity index (χ0n) is 11.7. The normalized spacial score (nSPS) is 10.5. The number of hydrogen-bond acceptors (Lipinski definition) is 6. The van der Waals surface area contributed by atoms with Crippen LogP contribution >= 0.6 is 11.3 Å². The third kappa shape index (κ3) is 3.82. The zero-order valence-corrected chi connectivity index (χ0v) is 12.5. The molecule has 106 valence electrons. The van der Waals surface area contributed by atoms with Crippen LogP contribution < -0.4 is 5.32 Å². The molecule has 0 aliphatic heterocycles. The van der Waals surface area contributed by atoms with Crippen LogP contribution in [0.5, 0.6) is 0 Å². The van der Waals surface area contributed by atoms with Gasteiger partial charge in [0.25, 0.3) is 0 Å². The molecular weight excluding hydrogens is 282 g/mol. The van der Waals surface area contributed by atoms with Crippen LogP contribution in [-0.2, 0) is 12.8 Å². The first-order valence-electron chi connectivity index (χ1n) is 6.72. The number of aryl methyl sites for hydroxylation is 3. The Kier molecular flexibility index (Phi) is 4.16. The van der Waals surface area contributed by atoms with Crippen molar-refractivity contribution in [2.24, 2.45) is 0 Å². The molecule has 0 amide bonds. The molecule has 0 saturated heterocycles. The van der Waals surface area contributed by atoms with E-state index in [0.29, 0.717) is 5.95 Å². The molecule has 0 aliphatic rings. The minimum absolute atomic E-state index is 0.556. The van der Waals surface area contributed by atoms with Gasteiger partial charge in [0.2, 0.25) is 11.1 Å². The molecule has 6 heteroatoms. The Hall–Kier alpha value is -2.34. The van der Waals surface area contributed by atoms with Gasteiger partial charge in [0, 0.05) is 18.3 Å². The maximum atomic E-state index is 4.29. The van der Waals surface area contributed by atoms with Crippen LogP contribution in [0.25, 0.3) is 0 Å². The first-order chi connectivity index (χ1) is 10.3. The van der Waals surface area contributed by atoms with Gasteiger partial charge in [-0.1, -0.05) is 41.7 Å². The van der Waals surface area contributed by atoms with Crippen molar-refractivity contribution >= 4 is 22.4 Å². The highest BCUT2D eigenvalue weighted by Crippen LogP contribution is 2.19. The third-order valence-electron chi connectivity index (χ3n) is 2.95. The minimum Gasteiger partial charge on any atom is -0.299 e. The molecule has 2 heterocycles. The van der Waals surface area contributed by atoms with Crippen LogP contribution in [0.1, 0.15) is 16.3 Å². The van der Waals surface area contributed by atoms with E-state index in [1.165, 1.54) is 16.9 Å². The van der Waals surface area contributed by atoms with Gasteiger partial charge in [-0.2, -0.15) is 0 Å². The first kappa shape index (κ1) is 13.6. The van der Waals surface area contributed by atoms with Crippen molar-refractivity contribution in [2.75, 3.05) is 5.32 Å². The summed E-state index contributed by atoms with van der Waals surface area (Å²) in [6.07, 6.45) is 3.58. The molecule has 1 N–H and O–H groups in total. The van der Waals surface area contributed by atoms with E-state index in [1.54, 1.807) is 6.20 Å². The number of anilines is 2. The number of benzene rings is 1. The highest BCUT2D eigenvalue weighted by atomic mass is 32.1. The van der Waals surface area contributed by atoms with E-state index in [1.807, 2.05) is 19.1 Å². The molecule has 0 atom stereocenters. The second-order valence-electron chi connectivity index (χ2n) is 4.63. The topological polar surface area (TPSA) is 63.6 Å². The van der Waals surface area contributed by atoms with E-state index >= 15 is 0 Å². The molecular formula is C15H15N5S. The fraction of sp³-hybridized carbons (Fsp3) is 0.200. The average Bonchev–Trinajstić information content (AvgIpc) is 2.94. The fourth-order valence-corrected chi connectivity index (χ4v) is 2.64. The first-order valence-corrected chi connectivity index (χ1v) is 7.54. The van der Waals surface area contributed by atoms with E-state index in [-0.39, 0.29) is 0 Å². The van der Waals surface area contributed by atoms with Gasteiger partial charge in [0.05, 0.1) is 0 Å². The molecule has 21 heavy (non-hydrogen) atoms. The van der Waals surface area contributed by atoms with E-state index in [0.717, 1.165) is 28.7 Å². The average molecular weight is 297 g/mol. The number of rotatable bonds is 5. The lowest BCUT2D eigenvalue weighted by Crippen LogP contribution is -1.96. The van der Waals surface area contributed by atoms with Crippen molar-refractivity contribution in [3.8, 4) is 0 Å². The van der Waals surface area contributed by atoms with Gasteiger partial charge in [-0.3, -0.25) is 5.32 Å². The fourth-order valence-electron chi connectivity index (χ4n) is 1.91. The van der Waals surface area contributed by atoms with Crippen molar-refractivity contribution in [2.45, 2.75) is 19.8 Å². The number of nitrogens with one attached hydrogen (secondary N) is 1. The smallest absolute Gasteiger partial charge is 0.229 e. The summed E-state index contributed by atoms with van der Waals surface area (Å²) in [6, 6.07) is 12.2. The SMILES string of the molecule is Cc1ccnc(Nc2nnc(CCc3ccccc3)s2)n1. The maximum absolute atomic E-state index is 4.29. The van der Waals surface area contributed by atoms with Crippen LogP contribution in [0, 0.1) is 6.92 Å². The number of aromatic nitrogens is 4. The monoisotopic (exact) mass is 297 g/mol. The lowest BCUT2D eigenvalue weighted by Gasteiger charge is -1.99. The zero-order chi connectivity index (χ0) is 14.5.